The summed E-state index contributed by atoms with van der Waals surface area (Å²) in [6, 6.07) is 2.06. The molecule has 0 aliphatic carbocycles. The van der Waals surface area contributed by atoms with Gasteiger partial charge in [-0.15, -0.1) is 0 Å². The third kappa shape index (κ3) is 4.10. The van der Waals surface area contributed by atoms with E-state index in [1.54, 1.807) is 20.8 Å². The molecule has 0 unspecified atom stereocenters. The van der Waals surface area contributed by atoms with Crippen molar-refractivity contribution in [3.63, 3.8) is 0 Å². The standard InChI is InChI=1S/C12H13ClFNO4/c1-12(2,3)19-11(18)15-9-6(13)4-5-7(14)8(9)10(16)17/h4-5H,1-3H3,(H,15,18)(H,16,17). The molecule has 7 heteroatoms. The molecule has 1 rings (SSSR count). The van der Waals surface area contributed by atoms with Crippen molar-refractivity contribution in [2.24, 2.45) is 0 Å². The normalized spacial score (nSPS) is 11.0. The van der Waals surface area contributed by atoms with Gasteiger partial charge < -0.3 is 9.84 Å². The zero-order chi connectivity index (χ0) is 14.8. The van der Waals surface area contributed by atoms with Gasteiger partial charge in [0.15, 0.2) is 0 Å². The molecule has 1 aromatic carbocycles. The molecule has 19 heavy (non-hydrogen) atoms. The highest BCUT2D eigenvalue weighted by atomic mass is 35.5. The van der Waals surface area contributed by atoms with Crippen LogP contribution in [0.1, 0.15) is 31.1 Å². The van der Waals surface area contributed by atoms with E-state index in [0.717, 1.165) is 12.1 Å². The summed E-state index contributed by atoms with van der Waals surface area (Å²) >= 11 is 5.76. The van der Waals surface area contributed by atoms with Crippen LogP contribution in [-0.4, -0.2) is 22.8 Å². The summed E-state index contributed by atoms with van der Waals surface area (Å²) in [5, 5.41) is 11.0. The lowest BCUT2D eigenvalue weighted by atomic mass is 10.1. The number of carbonyl (C=O) groups is 2. The minimum Gasteiger partial charge on any atom is -0.478 e. The fourth-order valence-electron chi connectivity index (χ4n) is 1.29. The quantitative estimate of drug-likeness (QED) is 0.873. The van der Waals surface area contributed by atoms with Crippen molar-refractivity contribution in [2.45, 2.75) is 26.4 Å². The summed E-state index contributed by atoms with van der Waals surface area (Å²) in [6.45, 7) is 4.91. The topological polar surface area (TPSA) is 75.6 Å². The maximum atomic E-state index is 13.4. The van der Waals surface area contributed by atoms with Gasteiger partial charge in [-0.3, -0.25) is 5.32 Å². The summed E-state index contributed by atoms with van der Waals surface area (Å²) in [5.41, 5.74) is -1.81. The lowest BCUT2D eigenvalue weighted by molar-refractivity contribution is 0.0636. The van der Waals surface area contributed by atoms with Crippen LogP contribution in [0.3, 0.4) is 0 Å². The first-order valence-corrected chi connectivity index (χ1v) is 5.71. The third-order valence-electron chi connectivity index (χ3n) is 1.94. The second kappa shape index (κ2) is 5.44. The Morgan fingerprint density at radius 3 is 2.42 bits per heavy atom. The molecule has 0 aliphatic rings. The fourth-order valence-corrected chi connectivity index (χ4v) is 1.49. The average molecular weight is 290 g/mol. The van der Waals surface area contributed by atoms with E-state index in [4.69, 9.17) is 21.4 Å². The number of carbonyl (C=O) groups excluding carboxylic acids is 1. The maximum absolute atomic E-state index is 13.4. The minimum atomic E-state index is -1.54. The molecular weight excluding hydrogens is 277 g/mol. The van der Waals surface area contributed by atoms with Crippen LogP contribution in [0.25, 0.3) is 0 Å². The van der Waals surface area contributed by atoms with Gasteiger partial charge in [-0.05, 0) is 32.9 Å². The van der Waals surface area contributed by atoms with Crippen LogP contribution in [-0.2, 0) is 4.74 Å². The van der Waals surface area contributed by atoms with Crippen LogP contribution >= 0.6 is 11.6 Å². The molecule has 0 atom stereocenters. The Balaban J connectivity index is 3.10. The molecule has 5 nitrogen and oxygen atoms in total. The first kappa shape index (κ1) is 15.2. The number of aromatic carboxylic acids is 1. The average Bonchev–Trinajstić information content (AvgIpc) is 2.20. The van der Waals surface area contributed by atoms with Crippen LogP contribution in [0.5, 0.6) is 0 Å². The molecule has 0 bridgehead atoms. The van der Waals surface area contributed by atoms with E-state index in [2.05, 4.69) is 5.32 Å². The number of rotatable bonds is 2. The highest BCUT2D eigenvalue weighted by Crippen LogP contribution is 2.29. The maximum Gasteiger partial charge on any atom is 0.412 e. The van der Waals surface area contributed by atoms with Gasteiger partial charge in [0.2, 0.25) is 0 Å². The molecule has 0 heterocycles. The second-order valence-corrected chi connectivity index (χ2v) is 5.12. The zero-order valence-electron chi connectivity index (χ0n) is 10.6. The number of hydrogen-bond acceptors (Lipinski definition) is 3. The van der Waals surface area contributed by atoms with Crippen molar-refractivity contribution in [3.8, 4) is 0 Å². The van der Waals surface area contributed by atoms with E-state index in [-0.39, 0.29) is 10.7 Å². The van der Waals surface area contributed by atoms with E-state index in [1.807, 2.05) is 0 Å². The number of ether oxygens (including phenoxy) is 1. The molecule has 0 radical (unpaired) electrons. The molecule has 1 aromatic rings. The van der Waals surface area contributed by atoms with Crippen molar-refractivity contribution in [1.29, 1.82) is 0 Å². The number of benzene rings is 1. The van der Waals surface area contributed by atoms with Crippen molar-refractivity contribution in [2.75, 3.05) is 5.32 Å². The molecule has 0 saturated carbocycles. The number of nitrogens with one attached hydrogen (secondary N) is 1. The van der Waals surface area contributed by atoms with Gasteiger partial charge in [0.05, 0.1) is 10.7 Å². The van der Waals surface area contributed by atoms with Crippen molar-refractivity contribution in [1.82, 2.24) is 0 Å². The molecule has 0 saturated heterocycles. The highest BCUT2D eigenvalue weighted by molar-refractivity contribution is 6.34. The summed E-state index contributed by atoms with van der Waals surface area (Å²) in [4.78, 5) is 22.5. The second-order valence-electron chi connectivity index (χ2n) is 4.71. The Hall–Kier alpha value is -1.82. The monoisotopic (exact) mass is 289 g/mol. The number of carboxylic acid groups (broad SMARTS) is 1. The summed E-state index contributed by atoms with van der Waals surface area (Å²) in [7, 11) is 0. The Morgan fingerprint density at radius 1 is 1.37 bits per heavy atom. The number of anilines is 1. The number of carboxylic acids is 1. The van der Waals surface area contributed by atoms with Crippen LogP contribution in [0.2, 0.25) is 5.02 Å². The molecule has 1 amide bonds. The van der Waals surface area contributed by atoms with E-state index < -0.39 is 29.0 Å². The highest BCUT2D eigenvalue weighted by Gasteiger charge is 2.23. The Morgan fingerprint density at radius 2 is 1.95 bits per heavy atom. The Bertz CT molecular complexity index is 525. The fraction of sp³-hybridized carbons (Fsp3) is 0.333. The van der Waals surface area contributed by atoms with Gasteiger partial charge >= 0.3 is 12.1 Å². The van der Waals surface area contributed by atoms with Gasteiger partial charge in [0, 0.05) is 0 Å². The van der Waals surface area contributed by atoms with Gasteiger partial charge in [0.25, 0.3) is 0 Å². The van der Waals surface area contributed by atoms with Gasteiger partial charge in [0.1, 0.15) is 17.0 Å². The Kier molecular flexibility index (Phi) is 4.36. The van der Waals surface area contributed by atoms with Gasteiger partial charge in [-0.25, -0.2) is 14.0 Å². The van der Waals surface area contributed by atoms with Crippen molar-refractivity contribution in [3.05, 3.63) is 28.5 Å². The predicted octanol–water partition coefficient (Wildman–Crippen LogP) is 3.52. The predicted molar refractivity (Wildman–Crippen MR) is 68.2 cm³/mol. The number of halogens is 2. The molecule has 0 fully saturated rings. The first-order valence-electron chi connectivity index (χ1n) is 5.33. The first-order chi connectivity index (χ1) is 8.61. The SMILES string of the molecule is CC(C)(C)OC(=O)Nc1c(Cl)ccc(F)c1C(=O)O. The van der Waals surface area contributed by atoms with Gasteiger partial charge in [-0.2, -0.15) is 0 Å². The molecule has 0 spiro atoms. The number of amides is 1. The lowest BCUT2D eigenvalue weighted by Gasteiger charge is -2.20. The molecule has 0 aromatic heterocycles. The molecular formula is C12H13ClFNO4. The van der Waals surface area contributed by atoms with Crippen LogP contribution in [0.15, 0.2) is 12.1 Å². The van der Waals surface area contributed by atoms with E-state index in [0.29, 0.717) is 0 Å². The summed E-state index contributed by atoms with van der Waals surface area (Å²) < 4.78 is 18.4. The minimum absolute atomic E-state index is 0.0929. The Labute approximate surface area is 114 Å². The summed E-state index contributed by atoms with van der Waals surface area (Å²) in [5.74, 6) is -2.53. The smallest absolute Gasteiger partial charge is 0.412 e. The van der Waals surface area contributed by atoms with Gasteiger partial charge in [-0.1, -0.05) is 11.6 Å². The van der Waals surface area contributed by atoms with Crippen LogP contribution in [0.4, 0.5) is 14.9 Å². The number of hydrogen-bond donors (Lipinski definition) is 2. The zero-order valence-corrected chi connectivity index (χ0v) is 11.3. The van der Waals surface area contributed by atoms with E-state index >= 15 is 0 Å². The van der Waals surface area contributed by atoms with Crippen molar-refractivity contribution >= 4 is 29.4 Å². The van der Waals surface area contributed by atoms with Crippen LogP contribution in [0, 0.1) is 5.82 Å². The summed E-state index contributed by atoms with van der Waals surface area (Å²) in [6.07, 6.45) is -0.914. The third-order valence-corrected chi connectivity index (χ3v) is 2.26. The molecule has 0 aliphatic heterocycles. The van der Waals surface area contributed by atoms with E-state index in [1.165, 1.54) is 0 Å². The largest absolute Gasteiger partial charge is 0.478 e. The van der Waals surface area contributed by atoms with Crippen LogP contribution < -0.4 is 5.32 Å². The molecule has 2 N–H and O–H groups in total. The van der Waals surface area contributed by atoms with Crippen molar-refractivity contribution < 1.29 is 23.8 Å². The molecule has 104 valence electrons. The van der Waals surface area contributed by atoms with E-state index in [9.17, 15) is 14.0 Å². The lowest BCUT2D eigenvalue weighted by Crippen LogP contribution is -2.28.